The van der Waals surface area contributed by atoms with Crippen LogP contribution in [0, 0.1) is 0 Å². The fourth-order valence-corrected chi connectivity index (χ4v) is 2.94. The smallest absolute Gasteiger partial charge is 0.321 e. The van der Waals surface area contributed by atoms with Gasteiger partial charge in [0.05, 0.1) is 23.7 Å². The lowest BCUT2D eigenvalue weighted by atomic mass is 10.1. The van der Waals surface area contributed by atoms with Gasteiger partial charge in [-0.15, -0.1) is 10.2 Å². The van der Waals surface area contributed by atoms with Crippen LogP contribution < -0.4 is 14.8 Å². The van der Waals surface area contributed by atoms with E-state index in [9.17, 15) is 4.79 Å². The molecular weight excluding hydrogens is 379 g/mol. The van der Waals surface area contributed by atoms with E-state index in [-0.39, 0.29) is 12.1 Å². The Labute approximate surface area is 161 Å². The van der Waals surface area contributed by atoms with Crippen molar-refractivity contribution in [3.05, 3.63) is 40.4 Å². The summed E-state index contributed by atoms with van der Waals surface area (Å²) in [7, 11) is 1.52. The Morgan fingerprint density at radius 1 is 1.19 bits per heavy atom. The van der Waals surface area contributed by atoms with E-state index in [1.54, 1.807) is 35.2 Å². The Kier molecular flexibility index (Phi) is 6.00. The van der Waals surface area contributed by atoms with Gasteiger partial charge in [-0.3, -0.25) is 0 Å². The predicted molar refractivity (Wildman–Crippen MR) is 99.3 cm³/mol. The number of nitrogens with zero attached hydrogens (tertiary/aromatic N) is 3. The number of carbonyl (C=O) groups excluding carboxylic acids is 1. The Morgan fingerprint density at radius 3 is 2.65 bits per heavy atom. The van der Waals surface area contributed by atoms with Gasteiger partial charge in [0.25, 0.3) is 0 Å². The molecule has 0 radical (unpaired) electrons. The van der Waals surface area contributed by atoms with Crippen LogP contribution in [0.3, 0.4) is 0 Å². The Hall–Kier alpha value is -2.25. The minimum Gasteiger partial charge on any atom is -0.480 e. The molecule has 0 bridgehead atoms. The van der Waals surface area contributed by atoms with Crippen molar-refractivity contribution in [1.82, 2.24) is 15.1 Å². The van der Waals surface area contributed by atoms with E-state index < -0.39 is 0 Å². The van der Waals surface area contributed by atoms with Crippen LogP contribution in [0.1, 0.15) is 12.8 Å². The summed E-state index contributed by atoms with van der Waals surface area (Å²) >= 11 is 11.9. The molecule has 1 aromatic heterocycles. The summed E-state index contributed by atoms with van der Waals surface area (Å²) in [6.07, 6.45) is 1.53. The number of anilines is 1. The normalized spacial score (nSPS) is 16.9. The SMILES string of the molecule is COc1ccc(OC2CCCN(C(=O)Nc3ccc(Cl)c(Cl)c3)C2)nn1. The van der Waals surface area contributed by atoms with Crippen molar-refractivity contribution in [3.63, 3.8) is 0 Å². The number of aromatic nitrogens is 2. The van der Waals surface area contributed by atoms with Crippen molar-refractivity contribution in [1.29, 1.82) is 0 Å². The zero-order valence-electron chi connectivity index (χ0n) is 14.1. The van der Waals surface area contributed by atoms with Crippen molar-refractivity contribution >= 4 is 34.9 Å². The molecular formula is C17H18Cl2N4O3. The Morgan fingerprint density at radius 2 is 1.96 bits per heavy atom. The van der Waals surface area contributed by atoms with Crippen LogP contribution in [0.15, 0.2) is 30.3 Å². The predicted octanol–water partition coefficient (Wildman–Crippen LogP) is 3.87. The molecule has 0 spiro atoms. The molecule has 138 valence electrons. The van der Waals surface area contributed by atoms with Crippen LogP contribution in [0.2, 0.25) is 10.0 Å². The number of amides is 2. The van der Waals surface area contributed by atoms with Gasteiger partial charge in [-0.2, -0.15) is 0 Å². The third kappa shape index (κ3) is 4.68. The maximum atomic E-state index is 12.5. The van der Waals surface area contributed by atoms with Crippen LogP contribution in [-0.2, 0) is 0 Å². The molecule has 1 unspecified atom stereocenters. The first-order valence-electron chi connectivity index (χ1n) is 8.10. The van der Waals surface area contributed by atoms with E-state index in [2.05, 4.69) is 15.5 Å². The number of hydrogen-bond donors (Lipinski definition) is 1. The quantitative estimate of drug-likeness (QED) is 0.848. The van der Waals surface area contributed by atoms with Crippen molar-refractivity contribution in [2.45, 2.75) is 18.9 Å². The summed E-state index contributed by atoms with van der Waals surface area (Å²) in [5.74, 6) is 0.825. The fourth-order valence-electron chi connectivity index (χ4n) is 2.65. The first-order valence-corrected chi connectivity index (χ1v) is 8.86. The third-order valence-corrected chi connectivity index (χ3v) is 4.69. The molecule has 7 nitrogen and oxygen atoms in total. The number of ether oxygens (including phenoxy) is 2. The van der Waals surface area contributed by atoms with Gasteiger partial charge in [-0.05, 0) is 31.0 Å². The number of hydrogen-bond acceptors (Lipinski definition) is 5. The third-order valence-electron chi connectivity index (χ3n) is 3.95. The zero-order valence-corrected chi connectivity index (χ0v) is 15.6. The Bertz CT molecular complexity index is 773. The molecule has 1 aromatic carbocycles. The lowest BCUT2D eigenvalue weighted by Crippen LogP contribution is -2.46. The number of rotatable bonds is 4. The summed E-state index contributed by atoms with van der Waals surface area (Å²) < 4.78 is 10.8. The molecule has 3 rings (SSSR count). The van der Waals surface area contributed by atoms with Crippen molar-refractivity contribution < 1.29 is 14.3 Å². The number of likely N-dealkylation sites (tertiary alicyclic amines) is 1. The van der Waals surface area contributed by atoms with Crippen LogP contribution >= 0.6 is 23.2 Å². The molecule has 1 atom stereocenters. The second-order valence-electron chi connectivity index (χ2n) is 5.80. The van der Waals surface area contributed by atoms with Gasteiger partial charge in [0, 0.05) is 24.4 Å². The topological polar surface area (TPSA) is 76.6 Å². The minimum atomic E-state index is -0.211. The molecule has 9 heteroatoms. The number of benzene rings is 1. The van der Waals surface area contributed by atoms with Crippen LogP contribution in [0.4, 0.5) is 10.5 Å². The molecule has 1 N–H and O–H groups in total. The Balaban J connectivity index is 1.58. The van der Waals surface area contributed by atoms with Crippen molar-refractivity contribution in [2.75, 3.05) is 25.5 Å². The van der Waals surface area contributed by atoms with Gasteiger partial charge in [0.1, 0.15) is 6.10 Å². The molecule has 2 heterocycles. The monoisotopic (exact) mass is 396 g/mol. The largest absolute Gasteiger partial charge is 0.480 e. The minimum absolute atomic E-state index is 0.147. The number of nitrogens with one attached hydrogen (secondary N) is 1. The molecule has 0 aliphatic carbocycles. The van der Waals surface area contributed by atoms with Gasteiger partial charge in [-0.1, -0.05) is 23.2 Å². The molecule has 0 saturated carbocycles. The highest BCUT2D eigenvalue weighted by atomic mass is 35.5. The molecule has 2 aromatic rings. The van der Waals surface area contributed by atoms with Gasteiger partial charge >= 0.3 is 6.03 Å². The van der Waals surface area contributed by atoms with E-state index in [4.69, 9.17) is 32.7 Å². The second kappa shape index (κ2) is 8.42. The average molecular weight is 397 g/mol. The van der Waals surface area contributed by atoms with Crippen LogP contribution in [-0.4, -0.2) is 47.4 Å². The van der Waals surface area contributed by atoms with Crippen LogP contribution in [0.25, 0.3) is 0 Å². The maximum absolute atomic E-state index is 12.5. The molecule has 1 aliphatic heterocycles. The standard InChI is InChI=1S/C17H18Cl2N4O3/c1-25-15-6-7-16(22-21-15)26-12-3-2-8-23(10-12)17(24)20-11-4-5-13(18)14(19)9-11/h4-7,9,12H,2-3,8,10H2,1H3,(H,20,24). The fraction of sp³-hybridized carbons (Fsp3) is 0.353. The molecule has 26 heavy (non-hydrogen) atoms. The van der Waals surface area contributed by atoms with Gasteiger partial charge in [-0.25, -0.2) is 4.79 Å². The summed E-state index contributed by atoms with van der Waals surface area (Å²) in [6, 6.07) is 8.13. The number of carbonyl (C=O) groups is 1. The van der Waals surface area contributed by atoms with Crippen molar-refractivity contribution in [2.24, 2.45) is 0 Å². The zero-order chi connectivity index (χ0) is 18.5. The van der Waals surface area contributed by atoms with Crippen LogP contribution in [0.5, 0.6) is 11.8 Å². The first kappa shape index (κ1) is 18.5. The van der Waals surface area contributed by atoms with Gasteiger partial charge in [0.15, 0.2) is 0 Å². The van der Waals surface area contributed by atoms with E-state index in [1.807, 2.05) is 0 Å². The lowest BCUT2D eigenvalue weighted by molar-refractivity contribution is 0.101. The summed E-state index contributed by atoms with van der Waals surface area (Å²) in [4.78, 5) is 14.2. The van der Waals surface area contributed by atoms with E-state index in [0.29, 0.717) is 40.6 Å². The second-order valence-corrected chi connectivity index (χ2v) is 6.62. The molecule has 2 amide bonds. The molecule has 1 saturated heterocycles. The van der Waals surface area contributed by atoms with E-state index >= 15 is 0 Å². The highest BCUT2D eigenvalue weighted by Gasteiger charge is 2.25. The number of piperidine rings is 1. The summed E-state index contributed by atoms with van der Waals surface area (Å²) in [5, 5.41) is 11.5. The number of urea groups is 1. The summed E-state index contributed by atoms with van der Waals surface area (Å²) in [5.41, 5.74) is 0.591. The van der Waals surface area contributed by atoms with E-state index in [0.717, 1.165) is 12.8 Å². The van der Waals surface area contributed by atoms with Gasteiger partial charge < -0.3 is 19.7 Å². The van der Waals surface area contributed by atoms with Crippen molar-refractivity contribution in [3.8, 4) is 11.8 Å². The summed E-state index contributed by atoms with van der Waals surface area (Å²) in [6.45, 7) is 1.11. The first-order chi connectivity index (χ1) is 12.5. The molecule has 1 aliphatic rings. The number of methoxy groups -OCH3 is 1. The highest BCUT2D eigenvalue weighted by molar-refractivity contribution is 6.42. The molecule has 1 fully saturated rings. The van der Waals surface area contributed by atoms with E-state index in [1.165, 1.54) is 7.11 Å². The number of halogens is 2. The average Bonchev–Trinajstić information content (AvgIpc) is 2.65. The highest BCUT2D eigenvalue weighted by Crippen LogP contribution is 2.25. The van der Waals surface area contributed by atoms with Gasteiger partial charge in [0.2, 0.25) is 11.8 Å². The lowest BCUT2D eigenvalue weighted by Gasteiger charge is -2.32. The maximum Gasteiger partial charge on any atom is 0.321 e.